The van der Waals surface area contributed by atoms with E-state index in [1.165, 1.54) is 12.3 Å². The highest BCUT2D eigenvalue weighted by Gasteiger charge is 2.66. The Kier molecular flexibility index (Phi) is 2.17. The Bertz CT molecular complexity index is 673. The van der Waals surface area contributed by atoms with Gasteiger partial charge in [0, 0.05) is 12.3 Å². The van der Waals surface area contributed by atoms with Gasteiger partial charge in [0.05, 0.1) is 11.9 Å². The summed E-state index contributed by atoms with van der Waals surface area (Å²) < 4.78 is 40.6. The molecule has 2 heterocycles. The first-order valence-corrected chi connectivity index (χ1v) is 5.50. The van der Waals surface area contributed by atoms with Crippen LogP contribution in [0.25, 0.3) is 5.65 Å². The van der Waals surface area contributed by atoms with Crippen LogP contribution in [-0.4, -0.2) is 31.9 Å². The fraction of sp³-hybridized carbons (Fsp3) is 0.364. The third kappa shape index (κ3) is 1.52. The van der Waals surface area contributed by atoms with E-state index in [-0.39, 0.29) is 24.2 Å². The Hall–Kier alpha value is -2.12. The van der Waals surface area contributed by atoms with E-state index in [1.54, 1.807) is 0 Å². The van der Waals surface area contributed by atoms with Crippen LogP contribution in [0.3, 0.4) is 0 Å². The molecule has 0 bridgehead atoms. The van der Waals surface area contributed by atoms with Crippen molar-refractivity contribution in [3.63, 3.8) is 0 Å². The van der Waals surface area contributed by atoms with Crippen LogP contribution in [-0.2, 0) is 5.41 Å². The molecule has 0 unspecified atom stereocenters. The molecular weight excluding hydrogens is 263 g/mol. The van der Waals surface area contributed by atoms with E-state index in [1.807, 2.05) is 0 Å². The summed E-state index contributed by atoms with van der Waals surface area (Å²) in [6.45, 7) is 0. The van der Waals surface area contributed by atoms with Crippen LogP contribution in [0.2, 0.25) is 0 Å². The van der Waals surface area contributed by atoms with Crippen molar-refractivity contribution in [1.29, 1.82) is 0 Å². The topological polar surface area (TPSA) is 67.5 Å². The number of halogens is 3. The minimum atomic E-state index is -4.50. The minimum Gasteiger partial charge on any atom is -0.478 e. The predicted molar refractivity (Wildman–Crippen MR) is 56.9 cm³/mol. The lowest BCUT2D eigenvalue weighted by Crippen LogP contribution is -2.33. The number of rotatable bonds is 2. The maximum absolute atomic E-state index is 13.2. The van der Waals surface area contributed by atoms with Crippen LogP contribution in [0.1, 0.15) is 28.9 Å². The highest BCUT2D eigenvalue weighted by atomic mass is 19.4. The van der Waals surface area contributed by atoms with E-state index in [2.05, 4.69) is 10.1 Å². The van der Waals surface area contributed by atoms with Crippen molar-refractivity contribution in [2.75, 3.05) is 0 Å². The van der Waals surface area contributed by atoms with Crippen molar-refractivity contribution in [1.82, 2.24) is 14.6 Å². The number of nitrogens with zero attached hydrogens (tertiary/aromatic N) is 3. The number of carbonyl (C=O) groups is 1. The number of carboxylic acid groups (broad SMARTS) is 1. The van der Waals surface area contributed by atoms with Crippen LogP contribution >= 0.6 is 0 Å². The standard InChI is InChI=1S/C11H8F3N3O2/c12-11(13,14)10(2-3-10)8-6(9(18)19)5-15-7-1-4-16-17(7)8/h1,4-5H,2-3H2,(H,18,19). The van der Waals surface area contributed by atoms with Gasteiger partial charge in [-0.25, -0.2) is 14.3 Å². The van der Waals surface area contributed by atoms with Crippen molar-refractivity contribution in [2.24, 2.45) is 0 Å². The molecule has 3 rings (SSSR count). The number of fused-ring (bicyclic) bond motifs is 1. The molecule has 19 heavy (non-hydrogen) atoms. The summed E-state index contributed by atoms with van der Waals surface area (Å²) in [5.41, 5.74) is -2.70. The highest BCUT2D eigenvalue weighted by Crippen LogP contribution is 2.59. The first-order chi connectivity index (χ1) is 8.87. The van der Waals surface area contributed by atoms with Gasteiger partial charge in [0.1, 0.15) is 11.0 Å². The molecule has 1 saturated carbocycles. The molecular formula is C11H8F3N3O2. The van der Waals surface area contributed by atoms with Crippen molar-refractivity contribution < 1.29 is 23.1 Å². The average molecular weight is 271 g/mol. The van der Waals surface area contributed by atoms with E-state index >= 15 is 0 Å². The molecule has 1 aliphatic rings. The zero-order chi connectivity index (χ0) is 13.8. The molecule has 0 radical (unpaired) electrons. The van der Waals surface area contributed by atoms with Gasteiger partial charge in [-0.15, -0.1) is 0 Å². The van der Waals surface area contributed by atoms with Crippen molar-refractivity contribution in [2.45, 2.75) is 24.4 Å². The summed E-state index contributed by atoms with van der Waals surface area (Å²) in [7, 11) is 0. The number of carboxylic acids is 1. The first-order valence-electron chi connectivity index (χ1n) is 5.50. The summed E-state index contributed by atoms with van der Waals surface area (Å²) in [5, 5.41) is 12.8. The van der Waals surface area contributed by atoms with Gasteiger partial charge in [0.15, 0.2) is 5.65 Å². The lowest BCUT2D eigenvalue weighted by atomic mass is 9.97. The maximum Gasteiger partial charge on any atom is 0.399 e. The number of hydrogen-bond donors (Lipinski definition) is 1. The Balaban J connectivity index is 2.35. The molecule has 1 N–H and O–H groups in total. The van der Waals surface area contributed by atoms with Gasteiger partial charge >= 0.3 is 12.1 Å². The molecule has 0 saturated heterocycles. The zero-order valence-corrected chi connectivity index (χ0v) is 9.48. The highest BCUT2D eigenvalue weighted by molar-refractivity contribution is 5.89. The van der Waals surface area contributed by atoms with E-state index < -0.39 is 23.1 Å². The number of hydrogen-bond acceptors (Lipinski definition) is 3. The lowest BCUT2D eigenvalue weighted by Gasteiger charge is -2.21. The van der Waals surface area contributed by atoms with Gasteiger partial charge in [-0.05, 0) is 12.8 Å². The third-order valence-electron chi connectivity index (χ3n) is 3.39. The largest absolute Gasteiger partial charge is 0.478 e. The Morgan fingerprint density at radius 1 is 1.42 bits per heavy atom. The zero-order valence-electron chi connectivity index (χ0n) is 9.48. The molecule has 0 spiro atoms. The molecule has 0 atom stereocenters. The van der Waals surface area contributed by atoms with Crippen molar-refractivity contribution >= 4 is 11.6 Å². The molecule has 8 heteroatoms. The van der Waals surface area contributed by atoms with Crippen LogP contribution in [0, 0.1) is 0 Å². The van der Waals surface area contributed by atoms with Gasteiger partial charge in [-0.2, -0.15) is 18.3 Å². The van der Waals surface area contributed by atoms with Gasteiger partial charge in [0.2, 0.25) is 0 Å². The second-order valence-electron chi connectivity index (χ2n) is 4.51. The third-order valence-corrected chi connectivity index (χ3v) is 3.39. The lowest BCUT2D eigenvalue weighted by molar-refractivity contribution is -0.162. The predicted octanol–water partition coefficient (Wildman–Crippen LogP) is 2.02. The minimum absolute atomic E-state index is 0.129. The monoisotopic (exact) mass is 271 g/mol. The van der Waals surface area contributed by atoms with Crippen LogP contribution in [0.4, 0.5) is 13.2 Å². The van der Waals surface area contributed by atoms with Crippen LogP contribution in [0.5, 0.6) is 0 Å². The summed E-state index contributed by atoms with van der Waals surface area (Å²) in [5.74, 6) is -1.43. The Morgan fingerprint density at radius 3 is 2.63 bits per heavy atom. The molecule has 1 fully saturated rings. The Morgan fingerprint density at radius 2 is 2.11 bits per heavy atom. The Labute approximate surface area is 104 Å². The van der Waals surface area contributed by atoms with Crippen LogP contribution in [0.15, 0.2) is 18.5 Å². The van der Waals surface area contributed by atoms with Gasteiger partial charge in [-0.3, -0.25) is 0 Å². The fourth-order valence-electron chi connectivity index (χ4n) is 2.27. The second kappa shape index (κ2) is 3.46. The smallest absolute Gasteiger partial charge is 0.399 e. The molecule has 1 aliphatic carbocycles. The second-order valence-corrected chi connectivity index (χ2v) is 4.51. The SMILES string of the molecule is O=C(O)c1cnc2ccnn2c1C1(C(F)(F)F)CC1. The van der Waals surface area contributed by atoms with Crippen LogP contribution < -0.4 is 0 Å². The molecule has 0 aromatic carbocycles. The molecule has 0 amide bonds. The van der Waals surface area contributed by atoms with E-state index in [0.717, 1.165) is 10.7 Å². The number of aromatic carboxylic acids is 1. The summed E-state index contributed by atoms with van der Waals surface area (Å²) in [6, 6.07) is 1.43. The van der Waals surface area contributed by atoms with Gasteiger partial charge in [-0.1, -0.05) is 0 Å². The summed E-state index contributed by atoms with van der Waals surface area (Å²) in [4.78, 5) is 14.9. The molecule has 0 aliphatic heterocycles. The number of alkyl halides is 3. The molecule has 2 aromatic rings. The molecule has 5 nitrogen and oxygen atoms in total. The normalized spacial score (nSPS) is 17.6. The molecule has 2 aromatic heterocycles. The van der Waals surface area contributed by atoms with E-state index in [9.17, 15) is 18.0 Å². The summed E-state index contributed by atoms with van der Waals surface area (Å²) in [6.07, 6.45) is -2.51. The fourth-order valence-corrected chi connectivity index (χ4v) is 2.27. The average Bonchev–Trinajstić information content (AvgIpc) is 2.99. The number of aromatic nitrogens is 3. The van der Waals surface area contributed by atoms with Crippen molar-refractivity contribution in [3.05, 3.63) is 29.7 Å². The summed E-state index contributed by atoms with van der Waals surface area (Å²) >= 11 is 0. The maximum atomic E-state index is 13.2. The van der Waals surface area contributed by atoms with Crippen molar-refractivity contribution in [3.8, 4) is 0 Å². The quantitative estimate of drug-likeness (QED) is 0.907. The van der Waals surface area contributed by atoms with Gasteiger partial charge in [0.25, 0.3) is 0 Å². The first kappa shape index (κ1) is 11.9. The van der Waals surface area contributed by atoms with E-state index in [4.69, 9.17) is 5.11 Å². The van der Waals surface area contributed by atoms with E-state index in [0.29, 0.717) is 0 Å². The van der Waals surface area contributed by atoms with Gasteiger partial charge < -0.3 is 5.11 Å². The molecule has 100 valence electrons.